The second kappa shape index (κ2) is 6.79. The molecule has 1 spiro atoms. The zero-order valence-corrected chi connectivity index (χ0v) is 18.3. The van der Waals surface area contributed by atoms with Gasteiger partial charge >= 0.3 is 0 Å². The first-order valence-electron chi connectivity index (χ1n) is 11.6. The molecule has 0 unspecified atom stereocenters. The lowest BCUT2D eigenvalue weighted by Gasteiger charge is -2.38. The average Bonchev–Trinajstić information content (AvgIpc) is 3.56. The third kappa shape index (κ3) is 2.83. The maximum Gasteiger partial charge on any atom is 0.203 e. The van der Waals surface area contributed by atoms with Crippen LogP contribution in [-0.2, 0) is 6.54 Å². The van der Waals surface area contributed by atoms with Crippen molar-refractivity contribution in [1.29, 1.82) is 5.26 Å². The average molecular weight is 434 g/mol. The fourth-order valence-electron chi connectivity index (χ4n) is 5.76. The molecule has 3 aliphatic rings. The summed E-state index contributed by atoms with van der Waals surface area (Å²) in [6.45, 7) is 3.07. The fraction of sp³-hybridized carbons (Fsp3) is 0.308. The Morgan fingerprint density at radius 3 is 2.61 bits per heavy atom. The third-order valence-corrected chi connectivity index (χ3v) is 7.79. The molecule has 4 heterocycles. The molecule has 7 heteroatoms. The minimum Gasteiger partial charge on any atom is -0.371 e. The highest BCUT2D eigenvalue weighted by atomic mass is 15.5. The molecule has 7 rings (SSSR count). The number of nitriles is 1. The molecule has 2 aliphatic heterocycles. The highest BCUT2D eigenvalue weighted by Gasteiger charge is 2.42. The lowest BCUT2D eigenvalue weighted by molar-refractivity contribution is 0.165. The molecule has 2 fully saturated rings. The first-order valence-corrected chi connectivity index (χ1v) is 11.6. The molecule has 4 aromatic rings. The number of hydrogen-bond acceptors (Lipinski definition) is 5. The van der Waals surface area contributed by atoms with Gasteiger partial charge < -0.3 is 9.47 Å². The van der Waals surface area contributed by atoms with Crippen molar-refractivity contribution < 1.29 is 0 Å². The summed E-state index contributed by atoms with van der Waals surface area (Å²) in [6.07, 6.45) is 7.63. The van der Waals surface area contributed by atoms with Gasteiger partial charge in [0, 0.05) is 37.1 Å². The van der Waals surface area contributed by atoms with Crippen molar-refractivity contribution in [2.75, 3.05) is 18.0 Å². The second-order valence-electron chi connectivity index (χ2n) is 9.68. The normalized spacial score (nSPS) is 17.6. The minimum atomic E-state index is 0.569. The molecule has 1 saturated carbocycles. The summed E-state index contributed by atoms with van der Waals surface area (Å²) in [5.74, 6) is 0.746. The van der Waals surface area contributed by atoms with Gasteiger partial charge in [-0.2, -0.15) is 9.94 Å². The Bertz CT molecular complexity index is 1420. The lowest BCUT2D eigenvalue weighted by atomic mass is 9.68. The van der Waals surface area contributed by atoms with E-state index in [1.807, 2.05) is 28.9 Å². The third-order valence-electron chi connectivity index (χ3n) is 7.79. The fourth-order valence-corrected chi connectivity index (χ4v) is 5.76. The van der Waals surface area contributed by atoms with Crippen molar-refractivity contribution >= 4 is 5.69 Å². The van der Waals surface area contributed by atoms with Crippen molar-refractivity contribution in [1.82, 2.24) is 24.8 Å². The van der Waals surface area contributed by atoms with Crippen LogP contribution >= 0.6 is 0 Å². The smallest absolute Gasteiger partial charge is 0.203 e. The van der Waals surface area contributed by atoms with E-state index in [9.17, 15) is 0 Å². The predicted molar refractivity (Wildman–Crippen MR) is 125 cm³/mol. The highest BCUT2D eigenvalue weighted by Crippen LogP contribution is 2.49. The monoisotopic (exact) mass is 433 g/mol. The number of hydrogen-bond donors (Lipinski definition) is 0. The van der Waals surface area contributed by atoms with Crippen molar-refractivity contribution in [3.63, 3.8) is 0 Å². The van der Waals surface area contributed by atoms with E-state index in [0.717, 1.165) is 41.4 Å². The number of anilines is 1. The van der Waals surface area contributed by atoms with Crippen molar-refractivity contribution in [3.8, 4) is 34.4 Å². The molecule has 0 amide bonds. The Balaban J connectivity index is 1.29. The Labute approximate surface area is 191 Å². The molecule has 0 atom stereocenters. The van der Waals surface area contributed by atoms with E-state index in [0.29, 0.717) is 11.0 Å². The van der Waals surface area contributed by atoms with Gasteiger partial charge in [-0.15, -0.1) is 5.10 Å². The van der Waals surface area contributed by atoms with Gasteiger partial charge in [0.2, 0.25) is 5.82 Å². The van der Waals surface area contributed by atoms with Gasteiger partial charge in [0.25, 0.3) is 0 Å². The summed E-state index contributed by atoms with van der Waals surface area (Å²) in [6, 6.07) is 18.7. The van der Waals surface area contributed by atoms with Crippen LogP contribution in [0.5, 0.6) is 0 Å². The summed E-state index contributed by atoms with van der Waals surface area (Å²) >= 11 is 0. The van der Waals surface area contributed by atoms with Crippen molar-refractivity contribution in [2.45, 2.75) is 32.2 Å². The molecular weight excluding hydrogens is 410 g/mol. The SMILES string of the molecule is N#Cc1ccc(-c2cc3n(c2)Cc2cc(N4CCC5(CCC5)C4)ccc2-n2nnnc2-3)cc1. The number of benzene rings is 2. The van der Waals surface area contributed by atoms with Crippen LogP contribution in [0.2, 0.25) is 0 Å². The van der Waals surface area contributed by atoms with Crippen LogP contribution in [0.1, 0.15) is 36.8 Å². The summed E-state index contributed by atoms with van der Waals surface area (Å²) < 4.78 is 4.10. The van der Waals surface area contributed by atoms with Gasteiger partial charge in [0.05, 0.1) is 23.0 Å². The Hall–Kier alpha value is -3.92. The first kappa shape index (κ1) is 18.6. The van der Waals surface area contributed by atoms with Crippen molar-refractivity contribution in [3.05, 3.63) is 65.9 Å². The van der Waals surface area contributed by atoms with E-state index >= 15 is 0 Å². The first-order chi connectivity index (χ1) is 16.2. The largest absolute Gasteiger partial charge is 0.371 e. The minimum absolute atomic E-state index is 0.569. The molecule has 0 bridgehead atoms. The molecule has 1 aliphatic carbocycles. The number of fused-ring (bicyclic) bond motifs is 5. The van der Waals surface area contributed by atoms with Gasteiger partial charge in [0.15, 0.2) is 0 Å². The Kier molecular flexibility index (Phi) is 3.83. The second-order valence-corrected chi connectivity index (χ2v) is 9.68. The molecule has 0 radical (unpaired) electrons. The van der Waals surface area contributed by atoms with E-state index in [1.54, 1.807) is 0 Å². The summed E-state index contributed by atoms with van der Waals surface area (Å²) in [4.78, 5) is 2.56. The number of nitrogens with zero attached hydrogens (tertiary/aromatic N) is 7. The number of aromatic nitrogens is 5. The van der Waals surface area contributed by atoms with Crippen LogP contribution < -0.4 is 4.90 Å². The van der Waals surface area contributed by atoms with Crippen LogP contribution in [0.25, 0.3) is 28.3 Å². The summed E-state index contributed by atoms with van der Waals surface area (Å²) in [5.41, 5.74) is 7.95. The zero-order valence-electron chi connectivity index (χ0n) is 18.3. The van der Waals surface area contributed by atoms with Gasteiger partial charge in [-0.05, 0) is 82.6 Å². The number of rotatable bonds is 2. The van der Waals surface area contributed by atoms with E-state index in [-0.39, 0.29) is 0 Å². The van der Waals surface area contributed by atoms with E-state index in [2.05, 4.69) is 61.5 Å². The molecule has 2 aromatic heterocycles. The van der Waals surface area contributed by atoms with Gasteiger partial charge in [-0.3, -0.25) is 0 Å². The summed E-state index contributed by atoms with van der Waals surface area (Å²) in [7, 11) is 0. The van der Waals surface area contributed by atoms with Crippen LogP contribution in [-0.4, -0.2) is 37.9 Å². The number of tetrazole rings is 1. The standard InChI is InChI=1S/C26H23N7/c27-14-18-2-4-19(5-3-18)20-13-24-25-28-29-30-33(25)23-7-6-22(12-21(23)16-32(24)15-20)31-11-10-26(17-31)8-1-9-26/h2-7,12-13,15H,1,8-11,16-17H2. The molecular formula is C26H23N7. The van der Waals surface area contributed by atoms with Crippen LogP contribution in [0, 0.1) is 16.7 Å². The molecule has 7 nitrogen and oxygen atoms in total. The molecule has 1 saturated heterocycles. The lowest BCUT2D eigenvalue weighted by Crippen LogP contribution is -2.33. The zero-order chi connectivity index (χ0) is 22.0. The van der Waals surface area contributed by atoms with E-state index in [4.69, 9.17) is 5.26 Å². The Morgan fingerprint density at radius 2 is 1.85 bits per heavy atom. The maximum atomic E-state index is 9.11. The van der Waals surface area contributed by atoms with Crippen LogP contribution in [0.3, 0.4) is 0 Å². The molecule has 162 valence electrons. The quantitative estimate of drug-likeness (QED) is 0.412. The maximum absolute atomic E-state index is 9.11. The molecule has 2 aromatic carbocycles. The van der Waals surface area contributed by atoms with Crippen molar-refractivity contribution in [2.24, 2.45) is 5.41 Å². The van der Waals surface area contributed by atoms with Crippen LogP contribution in [0.4, 0.5) is 5.69 Å². The van der Waals surface area contributed by atoms with E-state index in [1.165, 1.54) is 43.5 Å². The molecule has 0 N–H and O–H groups in total. The van der Waals surface area contributed by atoms with Gasteiger partial charge in [-0.25, -0.2) is 0 Å². The topological polar surface area (TPSA) is 75.6 Å². The summed E-state index contributed by atoms with van der Waals surface area (Å²) in [5, 5.41) is 21.8. The highest BCUT2D eigenvalue weighted by molar-refractivity contribution is 5.72. The van der Waals surface area contributed by atoms with Crippen LogP contribution in [0.15, 0.2) is 54.7 Å². The predicted octanol–water partition coefficient (Wildman–Crippen LogP) is 4.41. The molecule has 33 heavy (non-hydrogen) atoms. The van der Waals surface area contributed by atoms with Gasteiger partial charge in [0.1, 0.15) is 0 Å². The Morgan fingerprint density at radius 1 is 0.970 bits per heavy atom. The van der Waals surface area contributed by atoms with Gasteiger partial charge in [-0.1, -0.05) is 18.6 Å². The van der Waals surface area contributed by atoms with E-state index < -0.39 is 0 Å².